The van der Waals surface area contributed by atoms with Gasteiger partial charge in [-0.05, 0) is 29.8 Å². The van der Waals surface area contributed by atoms with Crippen molar-refractivity contribution in [3.8, 4) is 22.8 Å². The van der Waals surface area contributed by atoms with Gasteiger partial charge in [-0.1, -0.05) is 36.0 Å². The van der Waals surface area contributed by atoms with E-state index in [1.807, 2.05) is 48.7 Å². The molecular formula is C21H17N3O3S. The molecule has 3 heterocycles. The summed E-state index contributed by atoms with van der Waals surface area (Å²) in [5, 5.41) is 3.99. The highest BCUT2D eigenvalue weighted by Crippen LogP contribution is 2.33. The Bertz CT molecular complexity index is 1070. The number of carbonyl (C=O) groups excluding carboxylic acids is 1. The minimum atomic E-state index is -0.203. The predicted octanol–water partition coefficient (Wildman–Crippen LogP) is 4.04. The average Bonchev–Trinajstić information content (AvgIpc) is 3.42. The third-order valence-electron chi connectivity index (χ3n) is 4.59. The van der Waals surface area contributed by atoms with Crippen LogP contribution in [0.15, 0.2) is 59.9 Å². The number of ether oxygens (including phenoxy) is 2. The molecule has 2 aromatic carbocycles. The maximum Gasteiger partial charge on any atom is 0.248 e. The van der Waals surface area contributed by atoms with Crippen LogP contribution in [0.3, 0.4) is 0 Å². The van der Waals surface area contributed by atoms with Gasteiger partial charge in [-0.2, -0.15) is 0 Å². The fourth-order valence-electron chi connectivity index (χ4n) is 3.22. The number of aryl methyl sites for hydroxylation is 1. The third kappa shape index (κ3) is 3.25. The highest BCUT2D eigenvalue weighted by molar-refractivity contribution is 7.99. The molecule has 0 saturated carbocycles. The van der Waals surface area contributed by atoms with Crippen LogP contribution in [0, 0.1) is 0 Å². The van der Waals surface area contributed by atoms with E-state index in [9.17, 15) is 4.79 Å². The minimum absolute atomic E-state index is 0.203. The zero-order chi connectivity index (χ0) is 18.9. The second-order valence-electron chi connectivity index (χ2n) is 6.43. The molecule has 0 radical (unpaired) electrons. The molecule has 7 heteroatoms. The normalized spacial score (nSPS) is 14.4. The van der Waals surface area contributed by atoms with E-state index in [2.05, 4.69) is 14.9 Å². The number of thioether (sulfide) groups is 1. The largest absolute Gasteiger partial charge is 0.454 e. The van der Waals surface area contributed by atoms with E-state index in [-0.39, 0.29) is 12.7 Å². The molecular weight excluding hydrogens is 374 g/mol. The number of para-hydroxylation sites is 1. The number of carbonyl (C=O) groups is 1. The van der Waals surface area contributed by atoms with Crippen LogP contribution in [0.25, 0.3) is 17.3 Å². The first-order valence-corrected chi connectivity index (χ1v) is 9.93. The maximum absolute atomic E-state index is 12.5. The van der Waals surface area contributed by atoms with Crippen LogP contribution in [0.4, 0.5) is 5.69 Å². The molecule has 0 saturated heterocycles. The Hall–Kier alpha value is -3.19. The Kier molecular flexibility index (Phi) is 4.29. The van der Waals surface area contributed by atoms with Crippen LogP contribution >= 0.6 is 11.8 Å². The van der Waals surface area contributed by atoms with Crippen molar-refractivity contribution in [2.75, 3.05) is 17.9 Å². The number of nitrogens with one attached hydrogen (secondary N) is 1. The van der Waals surface area contributed by atoms with Gasteiger partial charge in [0.2, 0.25) is 12.7 Å². The molecule has 0 unspecified atom stereocenters. The van der Waals surface area contributed by atoms with Crippen molar-refractivity contribution < 1.29 is 14.3 Å². The summed E-state index contributed by atoms with van der Waals surface area (Å²) in [6.45, 7) is 1.20. The molecule has 1 N–H and O–H groups in total. The summed E-state index contributed by atoms with van der Waals surface area (Å²) in [4.78, 5) is 17.1. The lowest BCUT2D eigenvalue weighted by atomic mass is 10.1. The van der Waals surface area contributed by atoms with Gasteiger partial charge in [0.1, 0.15) is 0 Å². The molecule has 0 fully saturated rings. The summed E-state index contributed by atoms with van der Waals surface area (Å²) < 4.78 is 12.8. The van der Waals surface area contributed by atoms with Gasteiger partial charge in [0.25, 0.3) is 0 Å². The quantitative estimate of drug-likeness (QED) is 0.680. The SMILES string of the molecule is O=C(/C=C/c1ccc2c(c1)OCO2)Nc1ccccc1-c1cn2c(n1)SCC2. The van der Waals surface area contributed by atoms with E-state index in [4.69, 9.17) is 9.47 Å². The number of amides is 1. The molecule has 1 amide bonds. The Morgan fingerprint density at radius 1 is 1.18 bits per heavy atom. The molecule has 0 spiro atoms. The van der Waals surface area contributed by atoms with E-state index < -0.39 is 0 Å². The lowest BCUT2D eigenvalue weighted by molar-refractivity contribution is -0.111. The lowest BCUT2D eigenvalue weighted by Crippen LogP contribution is -2.08. The third-order valence-corrected chi connectivity index (χ3v) is 5.56. The summed E-state index contributed by atoms with van der Waals surface area (Å²) in [5.74, 6) is 2.27. The van der Waals surface area contributed by atoms with Crippen molar-refractivity contribution in [3.63, 3.8) is 0 Å². The molecule has 5 rings (SSSR count). The number of fused-ring (bicyclic) bond motifs is 2. The van der Waals surface area contributed by atoms with Crippen molar-refractivity contribution >= 4 is 29.4 Å². The predicted molar refractivity (Wildman–Crippen MR) is 109 cm³/mol. The van der Waals surface area contributed by atoms with E-state index >= 15 is 0 Å². The summed E-state index contributed by atoms with van der Waals surface area (Å²) in [6, 6.07) is 13.3. The van der Waals surface area contributed by atoms with Crippen molar-refractivity contribution in [2.45, 2.75) is 11.7 Å². The van der Waals surface area contributed by atoms with Crippen molar-refractivity contribution in [1.29, 1.82) is 0 Å². The Morgan fingerprint density at radius 2 is 2.07 bits per heavy atom. The van der Waals surface area contributed by atoms with Crippen LogP contribution in [0.5, 0.6) is 11.5 Å². The van der Waals surface area contributed by atoms with Gasteiger partial charge in [-0.15, -0.1) is 0 Å². The van der Waals surface area contributed by atoms with Crippen LogP contribution in [-0.4, -0.2) is 28.0 Å². The first-order valence-electron chi connectivity index (χ1n) is 8.94. The molecule has 2 aliphatic rings. The number of imidazole rings is 1. The van der Waals surface area contributed by atoms with Gasteiger partial charge in [0.15, 0.2) is 16.7 Å². The van der Waals surface area contributed by atoms with Gasteiger partial charge in [0.05, 0.1) is 11.4 Å². The summed E-state index contributed by atoms with van der Waals surface area (Å²) >= 11 is 1.75. The zero-order valence-corrected chi connectivity index (χ0v) is 15.7. The van der Waals surface area contributed by atoms with Crippen molar-refractivity contribution in [2.24, 2.45) is 0 Å². The second kappa shape index (κ2) is 7.09. The monoisotopic (exact) mass is 391 g/mol. The van der Waals surface area contributed by atoms with E-state index in [1.54, 1.807) is 17.8 Å². The fourth-order valence-corrected chi connectivity index (χ4v) is 4.16. The first-order chi connectivity index (χ1) is 13.8. The number of rotatable bonds is 4. The molecule has 0 atom stereocenters. The Balaban J connectivity index is 1.34. The Labute approximate surface area is 166 Å². The second-order valence-corrected chi connectivity index (χ2v) is 7.49. The number of hydrogen-bond acceptors (Lipinski definition) is 5. The number of benzene rings is 2. The lowest BCUT2D eigenvalue weighted by Gasteiger charge is -2.08. The summed E-state index contributed by atoms with van der Waals surface area (Å²) in [7, 11) is 0. The van der Waals surface area contributed by atoms with Crippen LogP contribution in [0.2, 0.25) is 0 Å². The molecule has 6 nitrogen and oxygen atoms in total. The highest BCUT2D eigenvalue weighted by atomic mass is 32.2. The minimum Gasteiger partial charge on any atom is -0.454 e. The van der Waals surface area contributed by atoms with Gasteiger partial charge in [-0.25, -0.2) is 4.98 Å². The van der Waals surface area contributed by atoms with Crippen molar-refractivity contribution in [3.05, 3.63) is 60.3 Å². The molecule has 3 aromatic rings. The summed E-state index contributed by atoms with van der Waals surface area (Å²) in [5.41, 5.74) is 3.40. The standard InChI is InChI=1S/C21H17N3O3S/c25-20(8-6-14-5-7-18-19(11-14)27-13-26-18)22-16-4-2-1-3-15(16)17-12-24-9-10-28-21(24)23-17/h1-8,11-12H,9-10,13H2,(H,22,25)/b8-6+. The summed E-state index contributed by atoms with van der Waals surface area (Å²) in [6.07, 6.45) is 5.31. The number of anilines is 1. The van der Waals surface area contributed by atoms with E-state index in [0.29, 0.717) is 5.75 Å². The van der Waals surface area contributed by atoms with E-state index in [0.717, 1.165) is 45.7 Å². The molecule has 2 aliphatic heterocycles. The number of hydrogen-bond donors (Lipinski definition) is 1. The van der Waals surface area contributed by atoms with Crippen molar-refractivity contribution in [1.82, 2.24) is 9.55 Å². The van der Waals surface area contributed by atoms with Crippen LogP contribution in [-0.2, 0) is 11.3 Å². The molecule has 0 aliphatic carbocycles. The van der Waals surface area contributed by atoms with Gasteiger partial charge < -0.3 is 19.4 Å². The van der Waals surface area contributed by atoms with Gasteiger partial charge >= 0.3 is 0 Å². The van der Waals surface area contributed by atoms with Crippen LogP contribution in [0.1, 0.15) is 5.56 Å². The molecule has 28 heavy (non-hydrogen) atoms. The maximum atomic E-state index is 12.5. The number of aromatic nitrogens is 2. The molecule has 1 aromatic heterocycles. The molecule has 0 bridgehead atoms. The first kappa shape index (κ1) is 16.9. The fraction of sp³-hybridized carbons (Fsp3) is 0.143. The average molecular weight is 391 g/mol. The zero-order valence-electron chi connectivity index (χ0n) is 14.9. The number of nitrogens with zero attached hydrogens (tertiary/aromatic N) is 2. The van der Waals surface area contributed by atoms with Gasteiger partial charge in [-0.3, -0.25) is 4.79 Å². The van der Waals surface area contributed by atoms with Crippen LogP contribution < -0.4 is 14.8 Å². The van der Waals surface area contributed by atoms with E-state index in [1.165, 1.54) is 6.08 Å². The topological polar surface area (TPSA) is 65.4 Å². The molecule has 140 valence electrons. The van der Waals surface area contributed by atoms with Gasteiger partial charge in [0, 0.05) is 30.1 Å². The smallest absolute Gasteiger partial charge is 0.248 e. The Morgan fingerprint density at radius 3 is 3.00 bits per heavy atom. The highest BCUT2D eigenvalue weighted by Gasteiger charge is 2.17.